The number of carbonyl (C=O) groups is 1. The molecule has 0 bridgehead atoms. The van der Waals surface area contributed by atoms with Gasteiger partial charge in [-0.25, -0.2) is 0 Å². The van der Waals surface area contributed by atoms with Gasteiger partial charge in [0.2, 0.25) is 0 Å². The zero-order valence-electron chi connectivity index (χ0n) is 14.7. The largest absolute Gasteiger partial charge is 0.393 e. The fourth-order valence-corrected chi connectivity index (χ4v) is 3.61. The molecule has 1 saturated carbocycles. The summed E-state index contributed by atoms with van der Waals surface area (Å²) >= 11 is 0. The van der Waals surface area contributed by atoms with Crippen molar-refractivity contribution in [3.05, 3.63) is 36.3 Å². The maximum atomic E-state index is 13.4. The van der Waals surface area contributed by atoms with Crippen LogP contribution >= 0.6 is 0 Å². The Morgan fingerprint density at radius 2 is 2.04 bits per heavy atom. The molecule has 0 radical (unpaired) electrons. The van der Waals surface area contributed by atoms with E-state index in [0.717, 1.165) is 5.56 Å². The molecule has 2 aromatic heterocycles. The summed E-state index contributed by atoms with van der Waals surface area (Å²) in [5.41, 5.74) is 1.57. The zero-order valence-corrected chi connectivity index (χ0v) is 14.7. The van der Waals surface area contributed by atoms with Crippen LogP contribution in [0.5, 0.6) is 0 Å². The van der Waals surface area contributed by atoms with Crippen molar-refractivity contribution in [3.63, 3.8) is 0 Å². The van der Waals surface area contributed by atoms with E-state index in [0.29, 0.717) is 25.0 Å². The van der Waals surface area contributed by atoms with Crippen LogP contribution in [0.2, 0.25) is 0 Å². The summed E-state index contributed by atoms with van der Waals surface area (Å²) in [6.45, 7) is 0. The number of amides is 1. The Morgan fingerprint density at radius 1 is 1.31 bits per heavy atom. The Kier molecular flexibility index (Phi) is 5.02. The molecular formula is C18H21F3N4O. The number of alkyl halides is 3. The van der Waals surface area contributed by atoms with E-state index in [-0.39, 0.29) is 12.1 Å². The molecule has 2 atom stereocenters. The number of hydrogen-bond acceptors (Lipinski definition) is 3. The molecule has 1 aliphatic carbocycles. The molecular weight excluding hydrogens is 345 g/mol. The lowest BCUT2D eigenvalue weighted by Gasteiger charge is -2.38. The number of aromatic nitrogens is 3. The Hall–Kier alpha value is -2.38. The molecule has 2 aromatic rings. The maximum absolute atomic E-state index is 13.4. The van der Waals surface area contributed by atoms with Gasteiger partial charge in [0, 0.05) is 38.1 Å². The summed E-state index contributed by atoms with van der Waals surface area (Å²) in [5, 5.41) is 4.30. The topological polar surface area (TPSA) is 51.0 Å². The molecule has 0 unspecified atom stereocenters. The van der Waals surface area contributed by atoms with E-state index >= 15 is 0 Å². The SMILES string of the molecule is CN(C(=O)c1cc(-c2cccnc2)nn1C)[C@H]1CCCC[C@H]1C(F)(F)F. The molecule has 1 amide bonds. The van der Waals surface area contributed by atoms with Crippen molar-refractivity contribution in [2.45, 2.75) is 37.9 Å². The third-order valence-corrected chi connectivity index (χ3v) is 5.02. The van der Waals surface area contributed by atoms with Gasteiger partial charge in [0.05, 0.1) is 11.6 Å². The van der Waals surface area contributed by atoms with E-state index in [1.54, 1.807) is 31.6 Å². The van der Waals surface area contributed by atoms with E-state index in [9.17, 15) is 18.0 Å². The van der Waals surface area contributed by atoms with Crippen molar-refractivity contribution in [1.29, 1.82) is 0 Å². The van der Waals surface area contributed by atoms with Gasteiger partial charge in [0.15, 0.2) is 0 Å². The van der Waals surface area contributed by atoms with Crippen LogP contribution < -0.4 is 0 Å². The van der Waals surface area contributed by atoms with E-state index < -0.39 is 24.0 Å². The average molecular weight is 366 g/mol. The minimum absolute atomic E-state index is 0.0676. The second-order valence-corrected chi connectivity index (χ2v) is 6.70. The number of hydrogen-bond donors (Lipinski definition) is 0. The highest BCUT2D eigenvalue weighted by Crippen LogP contribution is 2.40. The van der Waals surface area contributed by atoms with Crippen molar-refractivity contribution < 1.29 is 18.0 Å². The fraction of sp³-hybridized carbons (Fsp3) is 0.500. The molecule has 0 N–H and O–H groups in total. The van der Waals surface area contributed by atoms with Gasteiger partial charge in [-0.1, -0.05) is 12.8 Å². The van der Waals surface area contributed by atoms with Crippen molar-refractivity contribution in [2.24, 2.45) is 13.0 Å². The smallest absolute Gasteiger partial charge is 0.337 e. The van der Waals surface area contributed by atoms with Gasteiger partial charge in [-0.2, -0.15) is 18.3 Å². The van der Waals surface area contributed by atoms with E-state index in [1.165, 1.54) is 16.6 Å². The van der Waals surface area contributed by atoms with Crippen LogP contribution in [0.25, 0.3) is 11.3 Å². The number of pyridine rings is 1. The van der Waals surface area contributed by atoms with Crippen LogP contribution in [0.15, 0.2) is 30.6 Å². The average Bonchev–Trinajstić information content (AvgIpc) is 3.02. The van der Waals surface area contributed by atoms with Crippen molar-refractivity contribution in [1.82, 2.24) is 19.7 Å². The normalized spacial score (nSPS) is 20.8. The number of nitrogens with zero attached hydrogens (tertiary/aromatic N) is 4. The van der Waals surface area contributed by atoms with Crippen molar-refractivity contribution in [2.75, 3.05) is 7.05 Å². The first-order valence-corrected chi connectivity index (χ1v) is 8.57. The Bertz CT molecular complexity index is 772. The third-order valence-electron chi connectivity index (χ3n) is 5.02. The minimum atomic E-state index is -4.30. The Balaban J connectivity index is 1.85. The second kappa shape index (κ2) is 7.09. The highest BCUT2D eigenvalue weighted by molar-refractivity contribution is 5.93. The Labute approximate surface area is 149 Å². The van der Waals surface area contributed by atoms with Crippen molar-refractivity contribution in [3.8, 4) is 11.3 Å². The quantitative estimate of drug-likeness (QED) is 0.833. The van der Waals surface area contributed by atoms with Crippen LogP contribution in [-0.2, 0) is 7.05 Å². The van der Waals surface area contributed by atoms with Gasteiger partial charge in [0.25, 0.3) is 5.91 Å². The van der Waals surface area contributed by atoms with Crippen LogP contribution in [0.4, 0.5) is 13.2 Å². The number of halogens is 3. The predicted molar refractivity (Wildman–Crippen MR) is 90.3 cm³/mol. The van der Waals surface area contributed by atoms with Gasteiger partial charge in [0.1, 0.15) is 5.69 Å². The van der Waals surface area contributed by atoms with E-state index in [4.69, 9.17) is 0 Å². The molecule has 1 fully saturated rings. The van der Waals surface area contributed by atoms with Gasteiger partial charge >= 0.3 is 6.18 Å². The fourth-order valence-electron chi connectivity index (χ4n) is 3.61. The van der Waals surface area contributed by atoms with Crippen molar-refractivity contribution >= 4 is 5.91 Å². The zero-order chi connectivity index (χ0) is 18.9. The Morgan fingerprint density at radius 3 is 2.69 bits per heavy atom. The summed E-state index contributed by atoms with van der Waals surface area (Å²) < 4.78 is 41.5. The summed E-state index contributed by atoms with van der Waals surface area (Å²) in [7, 11) is 3.07. The maximum Gasteiger partial charge on any atom is 0.393 e. The molecule has 26 heavy (non-hydrogen) atoms. The second-order valence-electron chi connectivity index (χ2n) is 6.70. The van der Waals surface area contributed by atoms with E-state index in [1.807, 2.05) is 6.07 Å². The summed E-state index contributed by atoms with van der Waals surface area (Å²) in [6.07, 6.45) is 0.624. The molecule has 2 heterocycles. The predicted octanol–water partition coefficient (Wildman–Crippen LogP) is 3.68. The molecule has 0 spiro atoms. The number of carbonyl (C=O) groups excluding carboxylic acids is 1. The van der Waals surface area contributed by atoms with Gasteiger partial charge in [-0.3, -0.25) is 14.5 Å². The first kappa shape index (κ1) is 18.4. The molecule has 8 heteroatoms. The first-order chi connectivity index (χ1) is 12.3. The van der Waals surface area contributed by atoms with Crippen LogP contribution in [0, 0.1) is 5.92 Å². The molecule has 5 nitrogen and oxygen atoms in total. The lowest BCUT2D eigenvalue weighted by Crippen LogP contribution is -2.48. The summed E-state index contributed by atoms with van der Waals surface area (Å²) in [6, 6.07) is 4.33. The third kappa shape index (κ3) is 3.59. The molecule has 0 aromatic carbocycles. The molecule has 140 valence electrons. The van der Waals surface area contributed by atoms with Crippen LogP contribution in [0.1, 0.15) is 36.2 Å². The molecule has 3 rings (SSSR count). The highest BCUT2D eigenvalue weighted by atomic mass is 19.4. The molecule has 1 aliphatic rings. The lowest BCUT2D eigenvalue weighted by molar-refractivity contribution is -0.195. The number of rotatable bonds is 3. The molecule has 0 aliphatic heterocycles. The van der Waals surface area contributed by atoms with Gasteiger partial charge in [-0.15, -0.1) is 0 Å². The van der Waals surface area contributed by atoms with Crippen LogP contribution in [0.3, 0.4) is 0 Å². The first-order valence-electron chi connectivity index (χ1n) is 8.57. The minimum Gasteiger partial charge on any atom is -0.337 e. The van der Waals surface area contributed by atoms with Gasteiger partial charge < -0.3 is 4.90 Å². The monoisotopic (exact) mass is 366 g/mol. The standard InChI is InChI=1S/C18H21F3N4O/c1-24(15-8-4-3-7-13(15)18(19,20)21)17(26)16-10-14(23-25(16)2)12-6-5-9-22-11-12/h5-6,9-11,13,15H,3-4,7-8H2,1-2H3/t13-,15+/m1/s1. The number of aryl methyl sites for hydroxylation is 1. The van der Waals surface area contributed by atoms with Gasteiger partial charge in [-0.05, 0) is 31.0 Å². The van der Waals surface area contributed by atoms with E-state index in [2.05, 4.69) is 10.1 Å². The lowest BCUT2D eigenvalue weighted by atomic mass is 9.83. The summed E-state index contributed by atoms with van der Waals surface area (Å²) in [4.78, 5) is 18.1. The summed E-state index contributed by atoms with van der Waals surface area (Å²) in [5.74, 6) is -1.92. The highest BCUT2D eigenvalue weighted by Gasteiger charge is 2.47. The molecule has 0 saturated heterocycles. The van der Waals surface area contributed by atoms with Crippen LogP contribution in [-0.4, -0.2) is 44.8 Å².